The molecule has 0 fully saturated rings. The van der Waals surface area contributed by atoms with E-state index >= 15 is 0 Å². The van der Waals surface area contributed by atoms with Crippen molar-refractivity contribution in [2.75, 3.05) is 6.61 Å². The van der Waals surface area contributed by atoms with Gasteiger partial charge in [0.05, 0.1) is 17.6 Å². The Labute approximate surface area is 303 Å². The number of para-hydroxylation sites is 2. The molecule has 0 N–H and O–H groups in total. The highest BCUT2D eigenvalue weighted by Crippen LogP contribution is 2.42. The molecule has 0 bridgehead atoms. The van der Waals surface area contributed by atoms with Crippen LogP contribution >= 0.6 is 0 Å². The standard InChI is InChI=1S/C49H37NO2/c1-34-42-32-38(37-20-9-6-4-2-3-5-8-19-36(31-37)35-17-10-7-11-18-35)26-28-46(42)51-30-16-25-48-49(34)43-33-39(27-29-47(43)52-48)50-44-23-14-12-21-40(44)41-22-13-15-24-45(41)50/h2-15,17-24,26-29,31-33H,1,16,25,30H2/b3-2?,4-2-,5-3+,6-4?,8-5?,9-6-,19-8+,20-9?,36-19?,36-31+,37-20+,37-31?. The number of fused-ring (bicyclic) bond motifs is 7. The van der Waals surface area contributed by atoms with Gasteiger partial charge in [-0.3, -0.25) is 0 Å². The highest BCUT2D eigenvalue weighted by molar-refractivity contribution is 6.09. The molecule has 0 radical (unpaired) electrons. The van der Waals surface area contributed by atoms with Crippen molar-refractivity contribution in [3.05, 3.63) is 211 Å². The van der Waals surface area contributed by atoms with Crippen molar-refractivity contribution in [2.45, 2.75) is 12.8 Å². The molecule has 250 valence electrons. The van der Waals surface area contributed by atoms with Crippen molar-refractivity contribution >= 4 is 49.5 Å². The number of benzene rings is 5. The first-order chi connectivity index (χ1) is 25.7. The second-order valence-electron chi connectivity index (χ2n) is 13.2. The highest BCUT2D eigenvalue weighted by Gasteiger charge is 2.23. The Kier molecular flexibility index (Phi) is 8.22. The molecular formula is C49H37NO2. The number of hydrogen-bond acceptors (Lipinski definition) is 2. The van der Waals surface area contributed by atoms with E-state index in [1.54, 1.807) is 0 Å². The molecular weight excluding hydrogens is 635 g/mol. The minimum atomic E-state index is 0.594. The quantitative estimate of drug-likeness (QED) is 0.187. The van der Waals surface area contributed by atoms with E-state index in [2.05, 4.69) is 162 Å². The van der Waals surface area contributed by atoms with Crippen molar-refractivity contribution in [3.8, 4) is 11.4 Å². The molecule has 3 heteroatoms. The molecule has 2 aromatic heterocycles. The van der Waals surface area contributed by atoms with Gasteiger partial charge in [0.1, 0.15) is 17.1 Å². The van der Waals surface area contributed by atoms with Crippen molar-refractivity contribution < 1.29 is 9.15 Å². The van der Waals surface area contributed by atoms with Crippen LogP contribution in [0.25, 0.3) is 55.2 Å². The lowest BCUT2D eigenvalue weighted by Gasteiger charge is -2.15. The molecule has 1 aliphatic carbocycles. The Bertz CT molecular complexity index is 2630. The van der Waals surface area contributed by atoms with Crippen LogP contribution in [0.4, 0.5) is 0 Å². The van der Waals surface area contributed by atoms with Crippen molar-refractivity contribution in [2.24, 2.45) is 0 Å². The number of allylic oxidation sites excluding steroid dienone is 12. The molecule has 0 spiro atoms. The molecule has 3 heterocycles. The van der Waals surface area contributed by atoms with Crippen LogP contribution in [0.15, 0.2) is 187 Å². The van der Waals surface area contributed by atoms with Crippen molar-refractivity contribution in [3.63, 3.8) is 0 Å². The maximum absolute atomic E-state index is 6.63. The zero-order chi connectivity index (χ0) is 34.9. The van der Waals surface area contributed by atoms with E-state index in [0.717, 1.165) is 80.0 Å². The van der Waals surface area contributed by atoms with E-state index in [9.17, 15) is 0 Å². The fraction of sp³-hybridized carbons (Fsp3) is 0.0612. The predicted molar refractivity (Wildman–Crippen MR) is 218 cm³/mol. The van der Waals surface area contributed by atoms with Crippen molar-refractivity contribution in [1.29, 1.82) is 0 Å². The minimum absolute atomic E-state index is 0.594. The Morgan fingerprint density at radius 3 is 2.10 bits per heavy atom. The topological polar surface area (TPSA) is 27.3 Å². The summed E-state index contributed by atoms with van der Waals surface area (Å²) >= 11 is 0. The number of aromatic nitrogens is 1. The van der Waals surface area contributed by atoms with Gasteiger partial charge in [-0.2, -0.15) is 0 Å². The van der Waals surface area contributed by atoms with Crippen LogP contribution in [0, 0.1) is 0 Å². The fourth-order valence-electron chi connectivity index (χ4n) is 7.50. The lowest BCUT2D eigenvalue weighted by Crippen LogP contribution is -2.00. The van der Waals surface area contributed by atoms with E-state index < -0.39 is 0 Å². The van der Waals surface area contributed by atoms with Gasteiger partial charge in [0.2, 0.25) is 0 Å². The zero-order valence-electron chi connectivity index (χ0n) is 28.8. The first-order valence-corrected chi connectivity index (χ1v) is 17.9. The van der Waals surface area contributed by atoms with Crippen LogP contribution < -0.4 is 4.74 Å². The SMILES string of the molecule is C=C1c2cc(C3=C/C=C\C=C/C=C/C=C/C(c4ccccc4)=C\3)ccc2OCCCc2oc3ccc(-n4c5ccccc5c5ccccc54)cc3c21. The molecule has 0 atom stereocenters. The molecule has 0 saturated heterocycles. The molecule has 0 saturated carbocycles. The zero-order valence-corrected chi connectivity index (χ0v) is 28.8. The monoisotopic (exact) mass is 671 g/mol. The lowest BCUT2D eigenvalue weighted by molar-refractivity contribution is 0.307. The van der Waals surface area contributed by atoms with Crippen LogP contribution in [-0.2, 0) is 6.42 Å². The number of nitrogens with zero attached hydrogens (tertiary/aromatic N) is 1. The first kappa shape index (κ1) is 31.4. The predicted octanol–water partition coefficient (Wildman–Crippen LogP) is 12.6. The van der Waals surface area contributed by atoms with Gasteiger partial charge in [0.25, 0.3) is 0 Å². The third kappa shape index (κ3) is 5.76. The van der Waals surface area contributed by atoms with Crippen LogP contribution in [-0.4, -0.2) is 11.2 Å². The number of furan rings is 1. The van der Waals surface area contributed by atoms with E-state index in [-0.39, 0.29) is 0 Å². The minimum Gasteiger partial charge on any atom is -0.493 e. The smallest absolute Gasteiger partial charge is 0.135 e. The van der Waals surface area contributed by atoms with Gasteiger partial charge in [-0.05, 0) is 82.8 Å². The molecule has 2 aliphatic rings. The van der Waals surface area contributed by atoms with Gasteiger partial charge in [0, 0.05) is 39.4 Å². The molecule has 7 aromatic rings. The van der Waals surface area contributed by atoms with Crippen LogP contribution in [0.5, 0.6) is 5.75 Å². The summed E-state index contributed by atoms with van der Waals surface area (Å²) in [6.45, 7) is 5.36. The Morgan fingerprint density at radius 2 is 1.31 bits per heavy atom. The number of hydrogen-bond donors (Lipinski definition) is 0. The summed E-state index contributed by atoms with van der Waals surface area (Å²) in [5.74, 6) is 1.78. The third-order valence-corrected chi connectivity index (χ3v) is 9.96. The van der Waals surface area contributed by atoms with Gasteiger partial charge in [-0.25, -0.2) is 0 Å². The van der Waals surface area contributed by atoms with Crippen LogP contribution in [0.1, 0.15) is 34.4 Å². The van der Waals surface area contributed by atoms with Crippen molar-refractivity contribution in [1.82, 2.24) is 4.57 Å². The van der Waals surface area contributed by atoms with Gasteiger partial charge < -0.3 is 13.7 Å². The maximum atomic E-state index is 6.63. The number of ether oxygens (including phenoxy) is 1. The van der Waals surface area contributed by atoms with Crippen LogP contribution in [0.2, 0.25) is 0 Å². The molecule has 5 aromatic carbocycles. The Balaban J connectivity index is 1.20. The summed E-state index contributed by atoms with van der Waals surface area (Å²) in [7, 11) is 0. The van der Waals surface area contributed by atoms with Gasteiger partial charge in [-0.1, -0.05) is 134 Å². The first-order valence-electron chi connectivity index (χ1n) is 17.9. The highest BCUT2D eigenvalue weighted by atomic mass is 16.5. The average Bonchev–Trinajstić information content (AvgIpc) is 3.73. The summed E-state index contributed by atoms with van der Waals surface area (Å²) in [6, 6.07) is 40.8. The number of rotatable bonds is 3. The molecule has 0 amide bonds. The van der Waals surface area contributed by atoms with Gasteiger partial charge in [-0.15, -0.1) is 0 Å². The van der Waals surface area contributed by atoms with Gasteiger partial charge >= 0.3 is 0 Å². The number of aryl methyl sites for hydroxylation is 1. The average molecular weight is 672 g/mol. The molecule has 3 nitrogen and oxygen atoms in total. The van der Waals surface area contributed by atoms with E-state index in [4.69, 9.17) is 15.7 Å². The van der Waals surface area contributed by atoms with E-state index in [0.29, 0.717) is 6.61 Å². The summed E-state index contributed by atoms with van der Waals surface area (Å²) in [6.07, 6.45) is 22.6. The Hall–Kier alpha value is -6.58. The Morgan fingerprint density at radius 1 is 0.596 bits per heavy atom. The summed E-state index contributed by atoms with van der Waals surface area (Å²) < 4.78 is 15.4. The molecule has 1 aliphatic heterocycles. The van der Waals surface area contributed by atoms with Gasteiger partial charge in [0.15, 0.2) is 0 Å². The summed E-state index contributed by atoms with van der Waals surface area (Å²) in [5, 5.41) is 3.54. The van der Waals surface area contributed by atoms with Crippen LogP contribution in [0.3, 0.4) is 0 Å². The normalized spacial score (nSPS) is 19.3. The summed E-state index contributed by atoms with van der Waals surface area (Å²) in [5.41, 5.74) is 11.7. The fourth-order valence-corrected chi connectivity index (χ4v) is 7.50. The second-order valence-corrected chi connectivity index (χ2v) is 13.2. The molecule has 9 rings (SSSR count). The maximum Gasteiger partial charge on any atom is 0.135 e. The van der Waals surface area contributed by atoms with E-state index in [1.165, 1.54) is 21.8 Å². The van der Waals surface area contributed by atoms with E-state index in [1.807, 2.05) is 18.2 Å². The lowest BCUT2D eigenvalue weighted by atomic mass is 9.91. The molecule has 0 unspecified atom stereocenters. The molecule has 52 heavy (non-hydrogen) atoms. The third-order valence-electron chi connectivity index (χ3n) is 9.96. The summed E-state index contributed by atoms with van der Waals surface area (Å²) in [4.78, 5) is 0. The largest absolute Gasteiger partial charge is 0.493 e. The second kappa shape index (κ2) is 13.6.